The van der Waals surface area contributed by atoms with E-state index in [1.807, 2.05) is 25.1 Å². The number of anilines is 1. The summed E-state index contributed by atoms with van der Waals surface area (Å²) in [6, 6.07) is 11.7. The Hall–Kier alpha value is -2.10. The molecule has 188 valence electrons. The Kier molecular flexibility index (Phi) is 11.3. The molecule has 10 heteroatoms. The molecule has 1 fully saturated rings. The second-order valence-corrected chi connectivity index (χ2v) is 8.15. The number of aromatic nitrogens is 1. The Labute approximate surface area is 213 Å². The number of amides is 1. The van der Waals surface area contributed by atoms with Crippen LogP contribution in [0.2, 0.25) is 0 Å². The van der Waals surface area contributed by atoms with Gasteiger partial charge in [-0.05, 0) is 43.0 Å². The fourth-order valence-corrected chi connectivity index (χ4v) is 4.19. The molecule has 0 bridgehead atoms. The lowest BCUT2D eigenvalue weighted by Crippen LogP contribution is -2.49. The monoisotopic (exact) mass is 512 g/mol. The van der Waals surface area contributed by atoms with Gasteiger partial charge in [0.2, 0.25) is 5.88 Å². The maximum absolute atomic E-state index is 12.9. The summed E-state index contributed by atoms with van der Waals surface area (Å²) >= 11 is 0. The van der Waals surface area contributed by atoms with E-state index >= 15 is 0 Å². The van der Waals surface area contributed by atoms with Crippen LogP contribution in [0.3, 0.4) is 0 Å². The van der Waals surface area contributed by atoms with Crippen LogP contribution < -0.4 is 20.3 Å². The third-order valence-electron chi connectivity index (χ3n) is 5.97. The SMILES string of the molecule is CCOc1nc(N2CCCOCC2)ccc1C(=O)NC[C@@H](O)[C@@H]1Cc2ccccc2CN1.Cl.Cl. The fourth-order valence-electron chi connectivity index (χ4n) is 4.19. The third kappa shape index (κ3) is 6.96. The van der Waals surface area contributed by atoms with Crippen LogP contribution in [0.15, 0.2) is 36.4 Å². The van der Waals surface area contributed by atoms with Crippen molar-refractivity contribution in [3.05, 3.63) is 53.1 Å². The fraction of sp³-hybridized carbons (Fsp3) is 0.500. The summed E-state index contributed by atoms with van der Waals surface area (Å²) in [6.45, 7) is 6.16. The predicted molar refractivity (Wildman–Crippen MR) is 137 cm³/mol. The number of pyridine rings is 1. The predicted octanol–water partition coefficient (Wildman–Crippen LogP) is 2.36. The number of nitrogens with one attached hydrogen (secondary N) is 2. The zero-order valence-electron chi connectivity index (χ0n) is 19.4. The van der Waals surface area contributed by atoms with Crippen LogP contribution in [-0.4, -0.2) is 67.6 Å². The largest absolute Gasteiger partial charge is 0.477 e. The van der Waals surface area contributed by atoms with E-state index in [-0.39, 0.29) is 43.3 Å². The first-order chi connectivity index (χ1) is 15.7. The molecular formula is C24H34Cl2N4O4. The molecule has 4 rings (SSSR count). The van der Waals surface area contributed by atoms with Crippen molar-refractivity contribution in [1.82, 2.24) is 15.6 Å². The van der Waals surface area contributed by atoms with Gasteiger partial charge in [-0.2, -0.15) is 4.98 Å². The van der Waals surface area contributed by atoms with Crippen LogP contribution >= 0.6 is 24.8 Å². The summed E-state index contributed by atoms with van der Waals surface area (Å²) in [5, 5.41) is 16.9. The molecule has 2 atom stereocenters. The standard InChI is InChI=1S/C24H32N4O4.2ClH/c1-2-32-24-19(8-9-22(27-24)28-10-5-12-31-13-11-28)23(30)26-16-21(29)20-14-17-6-3-4-7-18(17)15-25-20;;/h3-4,6-9,20-21,25,29H,2,5,10-16H2,1H3,(H,26,30);2*1H/t20-,21+;;/m0../s1. The number of fused-ring (bicyclic) bond motifs is 1. The number of hydrogen-bond acceptors (Lipinski definition) is 7. The number of carbonyl (C=O) groups excluding carboxylic acids is 1. The van der Waals surface area contributed by atoms with Gasteiger partial charge in [0.05, 0.1) is 19.3 Å². The lowest BCUT2D eigenvalue weighted by atomic mass is 9.93. The molecule has 0 saturated carbocycles. The normalized spacial score (nSPS) is 18.4. The van der Waals surface area contributed by atoms with Gasteiger partial charge < -0.3 is 30.1 Å². The zero-order valence-corrected chi connectivity index (χ0v) is 21.0. The Morgan fingerprint density at radius 1 is 1.24 bits per heavy atom. The first-order valence-electron chi connectivity index (χ1n) is 11.4. The quantitative estimate of drug-likeness (QED) is 0.523. The van der Waals surface area contributed by atoms with Gasteiger partial charge in [-0.1, -0.05) is 24.3 Å². The second-order valence-electron chi connectivity index (χ2n) is 8.15. The van der Waals surface area contributed by atoms with E-state index in [1.54, 1.807) is 6.07 Å². The molecule has 34 heavy (non-hydrogen) atoms. The highest BCUT2D eigenvalue weighted by molar-refractivity contribution is 5.96. The number of rotatable bonds is 7. The number of ether oxygens (including phenoxy) is 2. The van der Waals surface area contributed by atoms with Crippen LogP contribution in [0, 0.1) is 0 Å². The minimum Gasteiger partial charge on any atom is -0.477 e. The first kappa shape index (κ1) is 28.1. The first-order valence-corrected chi connectivity index (χ1v) is 11.4. The summed E-state index contributed by atoms with van der Waals surface area (Å²) in [5.74, 6) is 0.787. The molecule has 3 heterocycles. The van der Waals surface area contributed by atoms with Crippen molar-refractivity contribution in [1.29, 1.82) is 0 Å². The van der Waals surface area contributed by atoms with E-state index in [0.29, 0.717) is 31.2 Å². The number of aliphatic hydroxyl groups is 1. The van der Waals surface area contributed by atoms with Crippen LogP contribution in [0.25, 0.3) is 0 Å². The molecule has 2 aromatic rings. The minimum atomic E-state index is -0.702. The maximum Gasteiger partial charge on any atom is 0.256 e. The number of benzene rings is 1. The molecule has 1 saturated heterocycles. The van der Waals surface area contributed by atoms with Gasteiger partial charge in [0, 0.05) is 38.8 Å². The molecule has 8 nitrogen and oxygen atoms in total. The molecule has 3 N–H and O–H groups in total. The number of aliphatic hydroxyl groups excluding tert-OH is 1. The molecular weight excluding hydrogens is 479 g/mol. The highest BCUT2D eigenvalue weighted by atomic mass is 35.5. The second kappa shape index (κ2) is 13.7. The highest BCUT2D eigenvalue weighted by Gasteiger charge is 2.25. The summed E-state index contributed by atoms with van der Waals surface area (Å²) in [4.78, 5) is 19.6. The maximum atomic E-state index is 12.9. The number of carbonyl (C=O) groups is 1. The Morgan fingerprint density at radius 2 is 2.03 bits per heavy atom. The molecule has 1 amide bonds. The minimum absolute atomic E-state index is 0. The van der Waals surface area contributed by atoms with Crippen LogP contribution in [0.1, 0.15) is 34.8 Å². The molecule has 0 radical (unpaired) electrons. The molecule has 1 aromatic carbocycles. The van der Waals surface area contributed by atoms with Gasteiger partial charge in [0.25, 0.3) is 5.91 Å². The summed E-state index contributed by atoms with van der Waals surface area (Å²) in [6.07, 6.45) is 0.964. The molecule has 0 spiro atoms. The smallest absolute Gasteiger partial charge is 0.256 e. The van der Waals surface area contributed by atoms with E-state index in [2.05, 4.69) is 32.7 Å². The van der Waals surface area contributed by atoms with Crippen molar-refractivity contribution in [2.45, 2.75) is 38.5 Å². The van der Waals surface area contributed by atoms with Crippen molar-refractivity contribution in [2.75, 3.05) is 44.4 Å². The topological polar surface area (TPSA) is 96.0 Å². The van der Waals surface area contributed by atoms with Gasteiger partial charge in [-0.15, -0.1) is 24.8 Å². The van der Waals surface area contributed by atoms with Crippen molar-refractivity contribution >= 4 is 36.5 Å². The Balaban J connectivity index is 0.00000204. The van der Waals surface area contributed by atoms with Crippen LogP contribution in [0.4, 0.5) is 5.82 Å². The lowest BCUT2D eigenvalue weighted by molar-refractivity contribution is 0.0866. The van der Waals surface area contributed by atoms with Gasteiger partial charge >= 0.3 is 0 Å². The van der Waals surface area contributed by atoms with Crippen molar-refractivity contribution < 1.29 is 19.4 Å². The van der Waals surface area contributed by atoms with Gasteiger partial charge in [0.15, 0.2) is 0 Å². The molecule has 2 aliphatic rings. The number of hydrogen-bond donors (Lipinski definition) is 3. The summed E-state index contributed by atoms with van der Waals surface area (Å²) < 4.78 is 11.2. The van der Waals surface area contributed by atoms with Crippen LogP contribution in [0.5, 0.6) is 5.88 Å². The van der Waals surface area contributed by atoms with Crippen molar-refractivity contribution in [2.24, 2.45) is 0 Å². The van der Waals surface area contributed by atoms with Crippen molar-refractivity contribution in [3.63, 3.8) is 0 Å². The van der Waals surface area contributed by atoms with Gasteiger partial charge in [0.1, 0.15) is 11.4 Å². The van der Waals surface area contributed by atoms with Gasteiger partial charge in [-0.3, -0.25) is 4.79 Å². The van der Waals surface area contributed by atoms with E-state index in [1.165, 1.54) is 11.1 Å². The number of halogens is 2. The Morgan fingerprint density at radius 3 is 2.82 bits per heavy atom. The van der Waals surface area contributed by atoms with E-state index in [0.717, 1.165) is 38.4 Å². The average molecular weight is 513 g/mol. The third-order valence-corrected chi connectivity index (χ3v) is 5.97. The van der Waals surface area contributed by atoms with Gasteiger partial charge in [-0.25, -0.2) is 0 Å². The molecule has 1 aromatic heterocycles. The van der Waals surface area contributed by atoms with E-state index in [4.69, 9.17) is 9.47 Å². The van der Waals surface area contributed by atoms with E-state index in [9.17, 15) is 9.90 Å². The molecule has 0 unspecified atom stereocenters. The molecule has 2 aliphatic heterocycles. The van der Waals surface area contributed by atoms with Crippen LogP contribution in [-0.2, 0) is 17.7 Å². The van der Waals surface area contributed by atoms with Crippen molar-refractivity contribution in [3.8, 4) is 5.88 Å². The lowest BCUT2D eigenvalue weighted by Gasteiger charge is -2.30. The summed E-state index contributed by atoms with van der Waals surface area (Å²) in [7, 11) is 0. The zero-order chi connectivity index (χ0) is 22.3. The summed E-state index contributed by atoms with van der Waals surface area (Å²) in [5.41, 5.74) is 2.86. The Bertz CT molecular complexity index is 926. The van der Waals surface area contributed by atoms with E-state index < -0.39 is 6.10 Å². The highest BCUT2D eigenvalue weighted by Crippen LogP contribution is 2.23. The number of nitrogens with zero attached hydrogens (tertiary/aromatic N) is 2. The average Bonchev–Trinajstić information content (AvgIpc) is 3.12. The molecule has 0 aliphatic carbocycles.